The quantitative estimate of drug-likeness (QED) is 0.0926. The number of methoxy groups -OCH3 is 1. The highest BCUT2D eigenvalue weighted by atomic mass is 35.5. The lowest BCUT2D eigenvalue weighted by atomic mass is 9.92. The van der Waals surface area contributed by atoms with Gasteiger partial charge in [0.2, 0.25) is 17.9 Å². The Morgan fingerprint density at radius 3 is 2.41 bits per heavy atom. The minimum absolute atomic E-state index is 0.0279. The van der Waals surface area contributed by atoms with Crippen LogP contribution in [-0.4, -0.2) is 153 Å². The van der Waals surface area contributed by atoms with E-state index in [4.69, 9.17) is 61.3 Å². The van der Waals surface area contributed by atoms with Crippen molar-refractivity contribution in [1.29, 1.82) is 0 Å². The Morgan fingerprint density at radius 1 is 0.915 bits per heavy atom. The largest absolute Gasteiger partial charge is 0.490 e. The van der Waals surface area contributed by atoms with Crippen molar-refractivity contribution in [3.63, 3.8) is 0 Å². The van der Waals surface area contributed by atoms with Gasteiger partial charge in [-0.15, -0.1) is 11.3 Å². The first-order valence-electron chi connectivity index (χ1n) is 23.5. The van der Waals surface area contributed by atoms with Crippen LogP contribution in [0.2, 0.25) is 10.0 Å². The third-order valence-electron chi connectivity index (χ3n) is 12.8. The summed E-state index contributed by atoms with van der Waals surface area (Å²) in [6, 6.07) is 13.2. The Labute approximate surface area is 425 Å². The zero-order chi connectivity index (χ0) is 49.6. The van der Waals surface area contributed by atoms with Gasteiger partial charge in [-0.25, -0.2) is 29.1 Å². The summed E-state index contributed by atoms with van der Waals surface area (Å²) in [4.78, 5) is 39.8. The maximum atomic E-state index is 14.4. The van der Waals surface area contributed by atoms with Gasteiger partial charge in [0.05, 0.1) is 54.2 Å². The smallest absolute Gasteiger partial charge is 0.345 e. The van der Waals surface area contributed by atoms with Crippen molar-refractivity contribution >= 4 is 56.7 Å². The SMILES string of the molecule is COCCOCCOCC1CN(c2nccc(COc3ccc4cc3C[C@@H](C(=O)O)Oc3ncnc5sc(-c6ccc(F)cc6)c(c35)-c3c(C)c(Cl)c(c(Cl)c3C)O[C@H](CN3CCN(C)CC3)CO4)n2)C1. The number of carboxylic acids is 1. The molecule has 2 atom stereocenters. The number of piperazine rings is 1. The minimum Gasteiger partial charge on any atom is -0.490 e. The second-order valence-electron chi connectivity index (χ2n) is 17.9. The molecule has 0 amide bonds. The van der Waals surface area contributed by atoms with Crippen molar-refractivity contribution in [2.45, 2.75) is 39.1 Å². The second-order valence-corrected chi connectivity index (χ2v) is 19.7. The maximum absolute atomic E-state index is 14.4. The number of carboxylic acid groups (broad SMARTS) is 1. The molecule has 4 aliphatic heterocycles. The highest BCUT2D eigenvalue weighted by molar-refractivity contribution is 7.22. The summed E-state index contributed by atoms with van der Waals surface area (Å²) in [6.45, 7) is 12.2. The summed E-state index contributed by atoms with van der Waals surface area (Å²) in [6.07, 6.45) is 0.887. The van der Waals surface area contributed by atoms with Gasteiger partial charge in [-0.05, 0) is 79.5 Å². The Balaban J connectivity index is 1.05. The highest BCUT2D eigenvalue weighted by Crippen LogP contribution is 2.53. The second kappa shape index (κ2) is 23.0. The molecule has 0 unspecified atom stereocenters. The maximum Gasteiger partial charge on any atom is 0.345 e. The van der Waals surface area contributed by atoms with Crippen LogP contribution in [0, 0.1) is 25.6 Å². The first-order chi connectivity index (χ1) is 34.4. The molecule has 10 rings (SSSR count). The van der Waals surface area contributed by atoms with Crippen LogP contribution in [0.25, 0.3) is 31.8 Å². The van der Waals surface area contributed by atoms with Crippen LogP contribution in [0.1, 0.15) is 22.4 Å². The molecule has 3 aromatic carbocycles. The van der Waals surface area contributed by atoms with Gasteiger partial charge in [0.25, 0.3) is 0 Å². The molecule has 20 heteroatoms. The van der Waals surface area contributed by atoms with E-state index in [0.717, 1.165) is 39.3 Å². The van der Waals surface area contributed by atoms with E-state index in [1.807, 2.05) is 13.8 Å². The number of benzene rings is 3. The van der Waals surface area contributed by atoms with E-state index in [0.29, 0.717) is 133 Å². The van der Waals surface area contributed by atoms with Crippen molar-refractivity contribution in [2.24, 2.45) is 5.92 Å². The molecule has 0 aliphatic carbocycles. The lowest BCUT2D eigenvalue weighted by Gasteiger charge is -2.39. The van der Waals surface area contributed by atoms with Gasteiger partial charge in [-0.2, -0.15) is 0 Å². The lowest BCUT2D eigenvalue weighted by Crippen LogP contribution is -2.49. The summed E-state index contributed by atoms with van der Waals surface area (Å²) in [5.74, 6) is 0.508. The molecule has 16 nitrogen and oxygen atoms in total. The molecule has 1 N–H and O–H groups in total. The normalized spacial score (nSPS) is 17.9. The number of halogens is 3. The average molecular weight is 1030 g/mol. The van der Waals surface area contributed by atoms with Crippen LogP contribution >= 0.6 is 34.5 Å². The number of hydrogen-bond acceptors (Lipinski definition) is 16. The van der Waals surface area contributed by atoms with Crippen LogP contribution in [-0.2, 0) is 32.0 Å². The number of carbonyl (C=O) groups is 1. The van der Waals surface area contributed by atoms with Gasteiger partial charge in [0, 0.05) is 87.5 Å². The predicted molar refractivity (Wildman–Crippen MR) is 269 cm³/mol. The first kappa shape index (κ1) is 50.5. The van der Waals surface area contributed by atoms with Crippen LogP contribution in [0.5, 0.6) is 23.1 Å². The zero-order valence-electron chi connectivity index (χ0n) is 40.0. The van der Waals surface area contributed by atoms with E-state index in [2.05, 4.69) is 36.7 Å². The molecular weight excluding hydrogens is 977 g/mol. The van der Waals surface area contributed by atoms with Gasteiger partial charge < -0.3 is 48.1 Å². The number of fused-ring (bicyclic) bond motifs is 7. The van der Waals surface area contributed by atoms with E-state index in [-0.39, 0.29) is 25.5 Å². The molecule has 4 aliphatic rings. The first-order valence-corrected chi connectivity index (χ1v) is 25.1. The number of aromatic nitrogens is 4. The van der Waals surface area contributed by atoms with Gasteiger partial charge in [-0.3, -0.25) is 4.90 Å². The van der Waals surface area contributed by atoms with Gasteiger partial charge in [0.1, 0.15) is 47.8 Å². The van der Waals surface area contributed by atoms with Crippen LogP contribution in [0.3, 0.4) is 0 Å². The molecule has 71 heavy (non-hydrogen) atoms. The fourth-order valence-corrected chi connectivity index (χ4v) is 10.6. The molecule has 7 heterocycles. The molecule has 0 radical (unpaired) electrons. The number of ether oxygens (including phenoxy) is 7. The van der Waals surface area contributed by atoms with Crippen molar-refractivity contribution in [3.05, 3.63) is 99.3 Å². The van der Waals surface area contributed by atoms with Crippen molar-refractivity contribution in [2.75, 3.05) is 105 Å². The number of thiophene rings is 1. The van der Waals surface area contributed by atoms with Crippen LogP contribution < -0.4 is 23.8 Å². The molecule has 376 valence electrons. The number of aliphatic carboxylic acids is 1. The van der Waals surface area contributed by atoms with E-state index in [9.17, 15) is 14.3 Å². The molecule has 0 saturated carbocycles. The Bertz CT molecular complexity index is 2800. The summed E-state index contributed by atoms with van der Waals surface area (Å²) in [5, 5.41) is 11.9. The highest BCUT2D eigenvalue weighted by Gasteiger charge is 2.33. The average Bonchev–Trinajstić information content (AvgIpc) is 3.74. The number of anilines is 1. The number of rotatable bonds is 16. The Morgan fingerprint density at radius 2 is 1.66 bits per heavy atom. The molecule has 3 aromatic heterocycles. The van der Waals surface area contributed by atoms with Gasteiger partial charge in [0.15, 0.2) is 5.75 Å². The summed E-state index contributed by atoms with van der Waals surface area (Å²) in [7, 11) is 3.74. The summed E-state index contributed by atoms with van der Waals surface area (Å²) >= 11 is 16.0. The van der Waals surface area contributed by atoms with Gasteiger partial charge >= 0.3 is 5.97 Å². The molecule has 2 fully saturated rings. The molecule has 4 bridgehead atoms. The third kappa shape index (κ3) is 11.8. The van der Waals surface area contributed by atoms with E-state index in [1.54, 1.807) is 49.7 Å². The van der Waals surface area contributed by atoms with Crippen LogP contribution in [0.15, 0.2) is 61.1 Å². The molecule has 6 aromatic rings. The molecular formula is C51H56Cl2FN7O9S. The number of hydrogen-bond donors (Lipinski definition) is 1. The fourth-order valence-electron chi connectivity index (χ4n) is 8.93. The third-order valence-corrected chi connectivity index (χ3v) is 14.9. The fraction of sp³-hybridized carbons (Fsp3) is 0.431. The lowest BCUT2D eigenvalue weighted by molar-refractivity contribution is -0.145. The zero-order valence-corrected chi connectivity index (χ0v) is 42.3. The standard InChI is InChI=1S/C51H56Cl2FN7O9S/c1-30-41-31(2)45(53)46(44(30)52)69-38(25-60-15-13-59(3)14-16-60)28-67-37-9-10-39(68-27-36-11-12-55-51(58-36)61-23-32(24-61)26-66-20-19-65-18-17-64-4)34(21-37)22-40(50(62)63)70-48-43-42(41)47(71-49(43)57-29-56-48)33-5-7-35(54)8-6-33/h5-12,21,29,32,38,40H,13-20,22-28H2,1-4H3,(H,62,63)/t38-,40+/m1/s1. The van der Waals surface area contributed by atoms with E-state index < -0.39 is 24.0 Å². The van der Waals surface area contributed by atoms with E-state index >= 15 is 0 Å². The van der Waals surface area contributed by atoms with Crippen LogP contribution in [0.4, 0.5) is 10.3 Å². The topological polar surface area (TPSA) is 163 Å². The predicted octanol–water partition coefficient (Wildman–Crippen LogP) is 8.03. The summed E-state index contributed by atoms with van der Waals surface area (Å²) in [5.41, 5.74) is 4.41. The van der Waals surface area contributed by atoms with Crippen molar-refractivity contribution < 1.29 is 47.4 Å². The molecule has 0 spiro atoms. The summed E-state index contributed by atoms with van der Waals surface area (Å²) < 4.78 is 57.0. The van der Waals surface area contributed by atoms with Gasteiger partial charge in [-0.1, -0.05) is 35.3 Å². The van der Waals surface area contributed by atoms with E-state index in [1.165, 1.54) is 29.8 Å². The number of likely N-dealkylation sites (N-methyl/N-ethyl adjacent to an activating group) is 1. The van der Waals surface area contributed by atoms with Crippen molar-refractivity contribution in [1.82, 2.24) is 29.7 Å². The molecule has 2 saturated heterocycles. The number of nitrogens with zero attached hydrogens (tertiary/aromatic N) is 7. The van der Waals surface area contributed by atoms with Crippen molar-refractivity contribution in [3.8, 4) is 44.7 Å². The Hall–Kier alpha value is -5.44. The minimum atomic E-state index is -1.47. The Kier molecular flexibility index (Phi) is 16.3. The monoisotopic (exact) mass is 1030 g/mol.